The maximum absolute atomic E-state index is 9.86. The molecule has 0 spiro atoms. The van der Waals surface area contributed by atoms with Crippen LogP contribution in [0.3, 0.4) is 0 Å². The van der Waals surface area contributed by atoms with Gasteiger partial charge in [0.1, 0.15) is 0 Å². The van der Waals surface area contributed by atoms with Gasteiger partial charge in [-0.2, -0.15) is 0 Å². The molecule has 0 aliphatic rings. The fourth-order valence-corrected chi connectivity index (χ4v) is 0.315. The van der Waals surface area contributed by atoms with Crippen LogP contribution in [-0.2, 0) is 9.47 Å². The molecule has 0 radical (unpaired) electrons. The van der Waals surface area contributed by atoms with Crippen molar-refractivity contribution in [2.24, 2.45) is 0 Å². The fraction of sp³-hybridized carbons (Fsp3) is 0.750. The Hall–Kier alpha value is -0.810. The van der Waals surface area contributed by atoms with E-state index in [1.807, 2.05) is 5.32 Å². The van der Waals surface area contributed by atoms with E-state index in [1.165, 1.54) is 14.2 Å². The summed E-state index contributed by atoms with van der Waals surface area (Å²) in [5, 5.41) is 10.0. The molecule has 0 rings (SSSR count). The van der Waals surface area contributed by atoms with Crippen molar-refractivity contribution in [2.45, 2.75) is 6.41 Å². The van der Waals surface area contributed by atoms with Gasteiger partial charge in [-0.1, -0.05) is 0 Å². The predicted octanol–water partition coefficient (Wildman–Crippen LogP) is -0.170. The number of carbonyl (C=O) groups is 1. The number of carboxylic acid groups (broad SMARTS) is 1. The molecule has 0 heterocycles. The van der Waals surface area contributed by atoms with Crippen molar-refractivity contribution in [1.29, 1.82) is 0 Å². The minimum absolute atomic E-state index is 0.873. The van der Waals surface area contributed by atoms with Gasteiger partial charge in [-0.25, -0.2) is 4.79 Å². The van der Waals surface area contributed by atoms with Crippen molar-refractivity contribution in [3.63, 3.8) is 0 Å². The number of methoxy groups -OCH3 is 2. The lowest BCUT2D eigenvalue weighted by atomic mass is 11.0. The van der Waals surface area contributed by atoms with Crippen molar-refractivity contribution in [3.8, 4) is 0 Å². The molecule has 0 fully saturated rings. The molecule has 5 nitrogen and oxygen atoms in total. The Morgan fingerprint density at radius 1 is 1.56 bits per heavy atom. The highest BCUT2D eigenvalue weighted by Crippen LogP contribution is 1.82. The Morgan fingerprint density at radius 2 is 2.00 bits per heavy atom. The maximum atomic E-state index is 9.86. The highest BCUT2D eigenvalue weighted by molar-refractivity contribution is 5.64. The molecule has 0 atom stereocenters. The molecule has 0 aromatic rings. The van der Waals surface area contributed by atoms with E-state index in [0.29, 0.717) is 0 Å². The SMILES string of the molecule is COC(NC(=O)O)OC. The third-order valence-electron chi connectivity index (χ3n) is 0.669. The molecule has 2 N–H and O–H groups in total. The van der Waals surface area contributed by atoms with Crippen molar-refractivity contribution in [3.05, 3.63) is 0 Å². The highest BCUT2D eigenvalue weighted by atomic mass is 16.7. The van der Waals surface area contributed by atoms with Crippen LogP contribution in [0.25, 0.3) is 0 Å². The van der Waals surface area contributed by atoms with Crippen LogP contribution >= 0.6 is 0 Å². The van der Waals surface area contributed by atoms with E-state index in [2.05, 4.69) is 9.47 Å². The fourth-order valence-electron chi connectivity index (χ4n) is 0.315. The summed E-state index contributed by atoms with van der Waals surface area (Å²) in [6.45, 7) is 0. The zero-order chi connectivity index (χ0) is 7.28. The summed E-state index contributed by atoms with van der Waals surface area (Å²) in [7, 11) is 2.67. The second-order valence-electron chi connectivity index (χ2n) is 1.25. The molecule has 0 bridgehead atoms. The van der Waals surface area contributed by atoms with Crippen LogP contribution < -0.4 is 5.32 Å². The summed E-state index contributed by atoms with van der Waals surface area (Å²) in [5.74, 6) is 0. The molecule has 0 aromatic carbocycles. The Morgan fingerprint density at radius 3 is 2.11 bits per heavy atom. The summed E-state index contributed by atoms with van der Waals surface area (Å²) in [5.41, 5.74) is 0. The highest BCUT2D eigenvalue weighted by Gasteiger charge is 2.05. The van der Waals surface area contributed by atoms with E-state index < -0.39 is 12.5 Å². The third-order valence-corrected chi connectivity index (χ3v) is 0.669. The van der Waals surface area contributed by atoms with Crippen LogP contribution in [0.4, 0.5) is 4.79 Å². The summed E-state index contributed by atoms with van der Waals surface area (Å²) in [6, 6.07) is 0. The molecule has 0 aliphatic carbocycles. The quantitative estimate of drug-likeness (QED) is 0.527. The van der Waals surface area contributed by atoms with E-state index in [0.717, 1.165) is 0 Å². The first-order chi connectivity index (χ1) is 4.20. The van der Waals surface area contributed by atoms with E-state index >= 15 is 0 Å². The Bertz CT molecular complexity index is 90.6. The number of hydrogen-bond acceptors (Lipinski definition) is 3. The van der Waals surface area contributed by atoms with Crippen LogP contribution in [0.2, 0.25) is 0 Å². The van der Waals surface area contributed by atoms with Crippen molar-refractivity contribution >= 4 is 6.09 Å². The number of nitrogens with one attached hydrogen (secondary N) is 1. The molecule has 1 amide bonds. The summed E-state index contributed by atoms with van der Waals surface area (Å²) in [6.07, 6.45) is -2.05. The van der Waals surface area contributed by atoms with Gasteiger partial charge in [0.2, 0.25) is 6.41 Å². The zero-order valence-corrected chi connectivity index (χ0v) is 5.25. The van der Waals surface area contributed by atoms with Gasteiger partial charge in [0, 0.05) is 14.2 Å². The molecular formula is C4H9NO4. The van der Waals surface area contributed by atoms with Crippen molar-refractivity contribution in [1.82, 2.24) is 5.32 Å². The molecule has 0 saturated heterocycles. The zero-order valence-electron chi connectivity index (χ0n) is 5.25. The van der Waals surface area contributed by atoms with Crippen molar-refractivity contribution < 1.29 is 19.4 Å². The molecule has 0 unspecified atom stereocenters. The lowest BCUT2D eigenvalue weighted by Gasteiger charge is -2.11. The average molecular weight is 135 g/mol. The first-order valence-corrected chi connectivity index (χ1v) is 2.25. The molecule has 54 valence electrons. The first-order valence-electron chi connectivity index (χ1n) is 2.25. The van der Waals surface area contributed by atoms with Crippen molar-refractivity contribution in [2.75, 3.05) is 14.2 Å². The number of ether oxygens (including phenoxy) is 2. The number of rotatable bonds is 3. The Balaban J connectivity index is 3.43. The van der Waals surface area contributed by atoms with Crippen LogP contribution in [0.1, 0.15) is 0 Å². The topological polar surface area (TPSA) is 67.8 Å². The van der Waals surface area contributed by atoms with Crippen LogP contribution in [0.15, 0.2) is 0 Å². The van der Waals surface area contributed by atoms with E-state index in [1.54, 1.807) is 0 Å². The standard InChI is InChI=1S/C4H9NO4/c1-8-4(9-2)5-3(6)7/h4-5H,1-2H3,(H,6,7). The van der Waals surface area contributed by atoms with Gasteiger partial charge >= 0.3 is 6.09 Å². The minimum Gasteiger partial charge on any atom is -0.465 e. The number of hydrogen-bond donors (Lipinski definition) is 2. The summed E-state index contributed by atoms with van der Waals surface area (Å²) in [4.78, 5) is 9.86. The molecule has 0 aromatic heterocycles. The monoisotopic (exact) mass is 135 g/mol. The van der Waals surface area contributed by atoms with Gasteiger partial charge < -0.3 is 14.6 Å². The Kier molecular flexibility index (Phi) is 3.74. The smallest absolute Gasteiger partial charge is 0.408 e. The van der Waals surface area contributed by atoms with Gasteiger partial charge in [-0.3, -0.25) is 5.32 Å². The van der Waals surface area contributed by atoms with Crippen LogP contribution in [0, 0.1) is 0 Å². The third kappa shape index (κ3) is 3.75. The van der Waals surface area contributed by atoms with E-state index in [9.17, 15) is 4.79 Å². The van der Waals surface area contributed by atoms with Gasteiger partial charge in [-0.05, 0) is 0 Å². The average Bonchev–Trinajstić information content (AvgIpc) is 1.82. The van der Waals surface area contributed by atoms with Crippen LogP contribution in [0.5, 0.6) is 0 Å². The normalized spacial score (nSPS) is 9.67. The maximum Gasteiger partial charge on any atom is 0.408 e. The largest absolute Gasteiger partial charge is 0.465 e. The molecule has 5 heteroatoms. The minimum atomic E-state index is -1.18. The van der Waals surface area contributed by atoms with E-state index in [-0.39, 0.29) is 0 Å². The Labute approximate surface area is 52.6 Å². The number of amides is 1. The molecule has 0 saturated carbocycles. The summed E-state index contributed by atoms with van der Waals surface area (Å²) >= 11 is 0. The van der Waals surface area contributed by atoms with Gasteiger partial charge in [-0.15, -0.1) is 0 Å². The lowest BCUT2D eigenvalue weighted by molar-refractivity contribution is -0.117. The first kappa shape index (κ1) is 8.19. The van der Waals surface area contributed by atoms with Gasteiger partial charge in [0.15, 0.2) is 0 Å². The molecule has 0 aliphatic heterocycles. The molecule has 9 heavy (non-hydrogen) atoms. The van der Waals surface area contributed by atoms with Gasteiger partial charge in [0.05, 0.1) is 0 Å². The second kappa shape index (κ2) is 4.11. The van der Waals surface area contributed by atoms with Gasteiger partial charge in [0.25, 0.3) is 0 Å². The van der Waals surface area contributed by atoms with Crippen LogP contribution in [-0.4, -0.2) is 31.8 Å². The lowest BCUT2D eigenvalue weighted by Crippen LogP contribution is -2.36. The van der Waals surface area contributed by atoms with E-state index in [4.69, 9.17) is 5.11 Å². The summed E-state index contributed by atoms with van der Waals surface area (Å²) < 4.78 is 8.99. The molecular weight excluding hydrogens is 126 g/mol. The predicted molar refractivity (Wildman–Crippen MR) is 29.0 cm³/mol. The second-order valence-corrected chi connectivity index (χ2v) is 1.25.